The molecule has 2 nitrogen and oxygen atoms in total. The van der Waals surface area contributed by atoms with Crippen LogP contribution in [0.15, 0.2) is 54.6 Å². The van der Waals surface area contributed by atoms with Crippen molar-refractivity contribution in [3.63, 3.8) is 0 Å². The van der Waals surface area contributed by atoms with Crippen LogP contribution < -0.4 is 9.47 Å². The van der Waals surface area contributed by atoms with E-state index in [0.717, 1.165) is 0 Å². The Hall–Kier alpha value is -3.28. The van der Waals surface area contributed by atoms with E-state index >= 15 is 0 Å². The van der Waals surface area contributed by atoms with Crippen molar-refractivity contribution in [2.24, 2.45) is 0 Å². The zero-order valence-electron chi connectivity index (χ0n) is 16.5. The normalized spacial score (nSPS) is 11.1. The maximum atomic E-state index is 14.3. The van der Waals surface area contributed by atoms with Crippen molar-refractivity contribution in [3.05, 3.63) is 89.0 Å². The molecule has 156 valence electrons. The van der Waals surface area contributed by atoms with Gasteiger partial charge in [-0.15, -0.1) is 0 Å². The van der Waals surface area contributed by atoms with E-state index in [1.807, 2.05) is 0 Å². The Morgan fingerprint density at radius 3 is 2.03 bits per heavy atom. The SMILES string of the molecule is CC=Cc1ccc(OCc2ccc(-c3ccc(OCC)c(F)c3F)cc2)c(F)c1F. The Bertz CT molecular complexity index is 1060. The van der Waals surface area contributed by atoms with Crippen LogP contribution in [0.3, 0.4) is 0 Å². The first-order valence-corrected chi connectivity index (χ1v) is 9.39. The van der Waals surface area contributed by atoms with Crippen molar-refractivity contribution in [3.8, 4) is 22.6 Å². The molecule has 0 atom stereocenters. The lowest BCUT2D eigenvalue weighted by molar-refractivity contribution is 0.284. The molecule has 0 unspecified atom stereocenters. The Balaban J connectivity index is 1.74. The molecule has 0 saturated carbocycles. The molecule has 0 heterocycles. The lowest BCUT2D eigenvalue weighted by Gasteiger charge is -2.11. The first-order valence-electron chi connectivity index (χ1n) is 9.39. The molecule has 3 aromatic rings. The lowest BCUT2D eigenvalue weighted by Crippen LogP contribution is -2.00. The first kappa shape index (κ1) is 21.4. The fraction of sp³-hybridized carbons (Fsp3) is 0.167. The predicted molar refractivity (Wildman–Crippen MR) is 108 cm³/mol. The van der Waals surface area contributed by atoms with Gasteiger partial charge in [-0.05, 0) is 49.2 Å². The van der Waals surface area contributed by atoms with Gasteiger partial charge >= 0.3 is 0 Å². The van der Waals surface area contributed by atoms with E-state index in [9.17, 15) is 17.6 Å². The third kappa shape index (κ3) is 4.48. The molecule has 6 heteroatoms. The molecule has 0 aliphatic carbocycles. The molecule has 0 N–H and O–H groups in total. The molecule has 0 aliphatic heterocycles. The number of hydrogen-bond donors (Lipinski definition) is 0. The van der Waals surface area contributed by atoms with Crippen molar-refractivity contribution in [1.29, 1.82) is 0 Å². The average molecular weight is 416 g/mol. The second-order valence-corrected chi connectivity index (χ2v) is 6.44. The van der Waals surface area contributed by atoms with Crippen molar-refractivity contribution in [2.75, 3.05) is 6.61 Å². The van der Waals surface area contributed by atoms with Crippen LogP contribution in [0.4, 0.5) is 17.6 Å². The minimum absolute atomic E-state index is 0.0142. The Morgan fingerprint density at radius 2 is 1.37 bits per heavy atom. The van der Waals surface area contributed by atoms with Gasteiger partial charge < -0.3 is 9.47 Å². The highest BCUT2D eigenvalue weighted by atomic mass is 19.2. The largest absolute Gasteiger partial charge is 0.491 e. The van der Waals surface area contributed by atoms with Gasteiger partial charge in [0.15, 0.2) is 23.1 Å². The van der Waals surface area contributed by atoms with Crippen molar-refractivity contribution >= 4 is 6.08 Å². The molecule has 0 fully saturated rings. The smallest absolute Gasteiger partial charge is 0.201 e. The summed E-state index contributed by atoms with van der Waals surface area (Å²) in [6.45, 7) is 3.61. The number of rotatable bonds is 7. The van der Waals surface area contributed by atoms with Crippen LogP contribution in [0, 0.1) is 23.3 Å². The van der Waals surface area contributed by atoms with Gasteiger partial charge in [-0.2, -0.15) is 8.78 Å². The maximum absolute atomic E-state index is 14.3. The summed E-state index contributed by atoms with van der Waals surface area (Å²) in [6.07, 6.45) is 3.07. The van der Waals surface area contributed by atoms with Gasteiger partial charge in [0.1, 0.15) is 6.61 Å². The van der Waals surface area contributed by atoms with Gasteiger partial charge in [0.05, 0.1) is 6.61 Å². The van der Waals surface area contributed by atoms with E-state index in [1.165, 1.54) is 30.3 Å². The van der Waals surface area contributed by atoms with Crippen LogP contribution in [0.5, 0.6) is 11.5 Å². The van der Waals surface area contributed by atoms with Crippen LogP contribution in [-0.4, -0.2) is 6.61 Å². The number of ether oxygens (including phenoxy) is 2. The summed E-state index contributed by atoms with van der Waals surface area (Å²) in [5.41, 5.74) is 1.35. The van der Waals surface area contributed by atoms with E-state index in [2.05, 4.69) is 0 Å². The third-order valence-electron chi connectivity index (χ3n) is 4.43. The van der Waals surface area contributed by atoms with Gasteiger partial charge in [-0.3, -0.25) is 0 Å². The molecule has 0 aliphatic rings. The number of hydrogen-bond acceptors (Lipinski definition) is 2. The standard InChI is InChI=1S/C24H20F4O2/c1-3-5-17-10-12-20(23(27)21(17)25)30-14-15-6-8-16(9-7-15)18-11-13-19(29-4-2)24(28)22(18)26/h3,5-13H,4,14H2,1-2H3. The van der Waals surface area contributed by atoms with Gasteiger partial charge in [0.2, 0.25) is 11.6 Å². The first-order chi connectivity index (χ1) is 14.5. The summed E-state index contributed by atoms with van der Waals surface area (Å²) in [5, 5.41) is 0. The summed E-state index contributed by atoms with van der Waals surface area (Å²) in [4.78, 5) is 0. The van der Waals surface area contributed by atoms with E-state index in [1.54, 1.807) is 44.2 Å². The van der Waals surface area contributed by atoms with E-state index in [0.29, 0.717) is 11.1 Å². The number of halogens is 4. The molecule has 0 saturated heterocycles. The van der Waals surface area contributed by atoms with Crippen LogP contribution in [-0.2, 0) is 6.61 Å². The molecular weight excluding hydrogens is 396 g/mol. The van der Waals surface area contributed by atoms with Crippen molar-refractivity contribution in [2.45, 2.75) is 20.5 Å². The summed E-state index contributed by atoms with van der Waals surface area (Å²) in [5.74, 6) is -4.42. The summed E-state index contributed by atoms with van der Waals surface area (Å²) in [6, 6.07) is 12.1. The molecule has 0 bridgehead atoms. The third-order valence-corrected chi connectivity index (χ3v) is 4.43. The molecule has 0 amide bonds. The fourth-order valence-corrected chi connectivity index (χ4v) is 2.93. The van der Waals surface area contributed by atoms with Crippen LogP contribution in [0.1, 0.15) is 25.0 Å². The average Bonchev–Trinajstić information content (AvgIpc) is 2.75. The predicted octanol–water partition coefficient (Wildman–Crippen LogP) is 6.92. The maximum Gasteiger partial charge on any atom is 0.201 e. The minimum Gasteiger partial charge on any atom is -0.491 e. The molecule has 0 aromatic heterocycles. The zero-order valence-corrected chi connectivity index (χ0v) is 16.5. The van der Waals surface area contributed by atoms with Crippen LogP contribution >= 0.6 is 0 Å². The summed E-state index contributed by atoms with van der Waals surface area (Å²) < 4.78 is 67.0. The summed E-state index contributed by atoms with van der Waals surface area (Å²) in [7, 11) is 0. The van der Waals surface area contributed by atoms with Crippen molar-refractivity contribution < 1.29 is 27.0 Å². The quantitative estimate of drug-likeness (QED) is 0.389. The van der Waals surface area contributed by atoms with Gasteiger partial charge in [-0.25, -0.2) is 8.78 Å². The second kappa shape index (κ2) is 9.48. The molecule has 30 heavy (non-hydrogen) atoms. The number of allylic oxidation sites excluding steroid dienone is 1. The minimum atomic E-state index is -1.06. The number of benzene rings is 3. The Labute approximate surface area is 172 Å². The molecule has 0 radical (unpaired) electrons. The highest BCUT2D eigenvalue weighted by Gasteiger charge is 2.16. The Kier molecular flexibility index (Phi) is 6.77. The zero-order chi connectivity index (χ0) is 21.7. The van der Waals surface area contributed by atoms with E-state index < -0.39 is 23.3 Å². The van der Waals surface area contributed by atoms with Gasteiger partial charge in [0.25, 0.3) is 0 Å². The van der Waals surface area contributed by atoms with Gasteiger partial charge in [0, 0.05) is 11.1 Å². The molecule has 3 aromatic carbocycles. The highest BCUT2D eigenvalue weighted by molar-refractivity contribution is 5.65. The topological polar surface area (TPSA) is 18.5 Å². The van der Waals surface area contributed by atoms with E-state index in [-0.39, 0.29) is 35.8 Å². The lowest BCUT2D eigenvalue weighted by atomic mass is 10.0. The second-order valence-electron chi connectivity index (χ2n) is 6.44. The highest BCUT2D eigenvalue weighted by Crippen LogP contribution is 2.30. The van der Waals surface area contributed by atoms with Crippen LogP contribution in [0.25, 0.3) is 17.2 Å². The Morgan fingerprint density at radius 1 is 0.733 bits per heavy atom. The van der Waals surface area contributed by atoms with Gasteiger partial charge in [-0.1, -0.05) is 36.4 Å². The molecule has 3 rings (SSSR count). The monoisotopic (exact) mass is 416 g/mol. The fourth-order valence-electron chi connectivity index (χ4n) is 2.93. The summed E-state index contributed by atoms with van der Waals surface area (Å²) >= 11 is 0. The van der Waals surface area contributed by atoms with Crippen LogP contribution in [0.2, 0.25) is 0 Å². The molecule has 0 spiro atoms. The van der Waals surface area contributed by atoms with Crippen molar-refractivity contribution in [1.82, 2.24) is 0 Å². The molecular formula is C24H20F4O2. The van der Waals surface area contributed by atoms with E-state index in [4.69, 9.17) is 9.47 Å².